The maximum Gasteiger partial charge on any atom is 0.122 e. The first kappa shape index (κ1) is 15.6. The molecule has 0 bridgehead atoms. The molecule has 1 aromatic rings. The molecular weight excluding hydrogens is 246 g/mol. The van der Waals surface area contributed by atoms with Crippen molar-refractivity contribution < 1.29 is 0 Å². The van der Waals surface area contributed by atoms with Crippen LogP contribution in [0.3, 0.4) is 0 Å². The van der Waals surface area contributed by atoms with Crippen molar-refractivity contribution >= 4 is 0 Å². The number of nitrogens with zero attached hydrogens (tertiary/aromatic N) is 2. The van der Waals surface area contributed by atoms with Gasteiger partial charge < -0.3 is 9.88 Å². The summed E-state index contributed by atoms with van der Waals surface area (Å²) >= 11 is 0. The fraction of sp³-hybridized carbons (Fsp3) is 0.824. The summed E-state index contributed by atoms with van der Waals surface area (Å²) in [5, 5.41) is 3.69. The maximum absolute atomic E-state index is 4.48. The molecule has 0 unspecified atom stereocenters. The van der Waals surface area contributed by atoms with Crippen LogP contribution in [0.25, 0.3) is 0 Å². The number of aryl methyl sites for hydroxylation is 1. The van der Waals surface area contributed by atoms with Crippen LogP contribution in [-0.4, -0.2) is 16.1 Å². The van der Waals surface area contributed by atoms with Crippen molar-refractivity contribution in [2.45, 2.75) is 72.4 Å². The Morgan fingerprint density at radius 1 is 1.35 bits per heavy atom. The highest BCUT2D eigenvalue weighted by Crippen LogP contribution is 2.42. The highest BCUT2D eigenvalue weighted by atomic mass is 15.1. The van der Waals surface area contributed by atoms with E-state index in [2.05, 4.69) is 41.8 Å². The van der Waals surface area contributed by atoms with Gasteiger partial charge in [-0.15, -0.1) is 0 Å². The fourth-order valence-electron chi connectivity index (χ4n) is 3.84. The normalized spacial score (nSPS) is 18.0. The Hall–Kier alpha value is -0.830. The molecule has 20 heavy (non-hydrogen) atoms. The van der Waals surface area contributed by atoms with Gasteiger partial charge in [-0.3, -0.25) is 0 Å². The van der Waals surface area contributed by atoms with Crippen LogP contribution in [0, 0.1) is 11.3 Å². The molecule has 1 aliphatic rings. The zero-order valence-electron chi connectivity index (χ0n) is 13.5. The Balaban J connectivity index is 1.85. The number of rotatable bonds is 8. The van der Waals surface area contributed by atoms with Crippen LogP contribution in [0.4, 0.5) is 0 Å². The van der Waals surface area contributed by atoms with E-state index in [-0.39, 0.29) is 0 Å². The van der Waals surface area contributed by atoms with E-state index in [0.29, 0.717) is 5.41 Å². The lowest BCUT2D eigenvalue weighted by atomic mass is 9.78. The molecule has 1 heterocycles. The molecule has 0 aliphatic heterocycles. The Bertz CT molecular complexity index is 389. The van der Waals surface area contributed by atoms with Gasteiger partial charge in [-0.05, 0) is 37.0 Å². The largest absolute Gasteiger partial charge is 0.334 e. The summed E-state index contributed by atoms with van der Waals surface area (Å²) in [6.07, 6.45) is 12.2. The van der Waals surface area contributed by atoms with Crippen molar-refractivity contribution in [3.05, 3.63) is 18.2 Å². The summed E-state index contributed by atoms with van der Waals surface area (Å²) in [4.78, 5) is 4.48. The third-order valence-electron chi connectivity index (χ3n) is 4.55. The van der Waals surface area contributed by atoms with Crippen LogP contribution in [0.15, 0.2) is 12.4 Å². The zero-order chi connectivity index (χ0) is 14.4. The highest BCUT2D eigenvalue weighted by Gasteiger charge is 2.33. The maximum atomic E-state index is 4.48. The molecule has 1 saturated carbocycles. The molecule has 2 rings (SSSR count). The number of imidazole rings is 1. The van der Waals surface area contributed by atoms with E-state index in [1.165, 1.54) is 44.3 Å². The van der Waals surface area contributed by atoms with Crippen LogP contribution in [0.5, 0.6) is 0 Å². The fourth-order valence-corrected chi connectivity index (χ4v) is 3.84. The minimum Gasteiger partial charge on any atom is -0.334 e. The molecule has 1 N–H and O–H groups in total. The second-order valence-corrected chi connectivity index (χ2v) is 6.95. The first-order chi connectivity index (χ1) is 9.65. The van der Waals surface area contributed by atoms with E-state index in [1.807, 2.05) is 6.20 Å². The number of aromatic nitrogens is 2. The molecule has 0 atom stereocenters. The Kier molecular flexibility index (Phi) is 5.64. The monoisotopic (exact) mass is 277 g/mol. The molecule has 1 aliphatic carbocycles. The van der Waals surface area contributed by atoms with E-state index < -0.39 is 0 Å². The second-order valence-electron chi connectivity index (χ2n) is 6.95. The van der Waals surface area contributed by atoms with E-state index in [4.69, 9.17) is 0 Å². The quantitative estimate of drug-likeness (QED) is 0.778. The Morgan fingerprint density at radius 3 is 2.75 bits per heavy atom. The molecule has 1 aromatic heterocycles. The zero-order valence-corrected chi connectivity index (χ0v) is 13.5. The predicted octanol–water partition coefficient (Wildman–Crippen LogP) is 3.99. The highest BCUT2D eigenvalue weighted by molar-refractivity contribution is 4.93. The molecule has 3 heteroatoms. The van der Waals surface area contributed by atoms with Gasteiger partial charge in [0.25, 0.3) is 0 Å². The SMILES string of the molecule is CCCn1ccnc1CNCC1(CC(C)C)CCCC1. The molecule has 0 aromatic carbocycles. The van der Waals surface area contributed by atoms with E-state index in [0.717, 1.165) is 25.6 Å². The van der Waals surface area contributed by atoms with Crippen molar-refractivity contribution in [1.29, 1.82) is 0 Å². The number of hydrogen-bond acceptors (Lipinski definition) is 2. The lowest BCUT2D eigenvalue weighted by Gasteiger charge is -2.31. The smallest absolute Gasteiger partial charge is 0.122 e. The summed E-state index contributed by atoms with van der Waals surface area (Å²) < 4.78 is 2.27. The summed E-state index contributed by atoms with van der Waals surface area (Å²) in [5.41, 5.74) is 0.552. The third kappa shape index (κ3) is 4.08. The summed E-state index contributed by atoms with van der Waals surface area (Å²) in [5.74, 6) is 1.99. The Morgan fingerprint density at radius 2 is 2.10 bits per heavy atom. The third-order valence-corrected chi connectivity index (χ3v) is 4.55. The van der Waals surface area contributed by atoms with Gasteiger partial charge in [0.15, 0.2) is 0 Å². The lowest BCUT2D eigenvalue weighted by molar-refractivity contribution is 0.222. The van der Waals surface area contributed by atoms with Crippen LogP contribution >= 0.6 is 0 Å². The predicted molar refractivity (Wildman–Crippen MR) is 84.6 cm³/mol. The average molecular weight is 277 g/mol. The number of nitrogens with one attached hydrogen (secondary N) is 1. The van der Waals surface area contributed by atoms with Gasteiger partial charge >= 0.3 is 0 Å². The topological polar surface area (TPSA) is 29.9 Å². The first-order valence-electron chi connectivity index (χ1n) is 8.36. The first-order valence-corrected chi connectivity index (χ1v) is 8.36. The van der Waals surface area contributed by atoms with Crippen molar-refractivity contribution in [3.8, 4) is 0 Å². The minimum atomic E-state index is 0.552. The van der Waals surface area contributed by atoms with Gasteiger partial charge in [-0.25, -0.2) is 4.98 Å². The van der Waals surface area contributed by atoms with E-state index in [9.17, 15) is 0 Å². The molecule has 0 amide bonds. The molecule has 114 valence electrons. The van der Waals surface area contributed by atoms with Crippen molar-refractivity contribution in [3.63, 3.8) is 0 Å². The van der Waals surface area contributed by atoms with Crippen LogP contribution < -0.4 is 5.32 Å². The van der Waals surface area contributed by atoms with Gasteiger partial charge in [-0.2, -0.15) is 0 Å². The molecule has 3 nitrogen and oxygen atoms in total. The van der Waals surface area contributed by atoms with Gasteiger partial charge in [0.2, 0.25) is 0 Å². The minimum absolute atomic E-state index is 0.552. The summed E-state index contributed by atoms with van der Waals surface area (Å²) in [6.45, 7) is 10.1. The standard InChI is InChI=1S/C17H31N3/c1-4-10-20-11-9-19-16(20)13-18-14-17(12-15(2)3)7-5-6-8-17/h9,11,15,18H,4-8,10,12-14H2,1-3H3. The van der Waals surface area contributed by atoms with Gasteiger partial charge in [-0.1, -0.05) is 33.6 Å². The average Bonchev–Trinajstić information content (AvgIpc) is 3.00. The van der Waals surface area contributed by atoms with Gasteiger partial charge in [0.05, 0.1) is 6.54 Å². The van der Waals surface area contributed by atoms with Crippen LogP contribution in [0.2, 0.25) is 0 Å². The van der Waals surface area contributed by atoms with E-state index in [1.54, 1.807) is 0 Å². The van der Waals surface area contributed by atoms with E-state index >= 15 is 0 Å². The molecular formula is C17H31N3. The molecule has 1 fully saturated rings. The molecule has 0 saturated heterocycles. The van der Waals surface area contributed by atoms with Crippen molar-refractivity contribution in [2.24, 2.45) is 11.3 Å². The van der Waals surface area contributed by atoms with Gasteiger partial charge in [0.1, 0.15) is 5.82 Å². The molecule has 0 radical (unpaired) electrons. The summed E-state index contributed by atoms with van der Waals surface area (Å²) in [7, 11) is 0. The molecule has 0 spiro atoms. The summed E-state index contributed by atoms with van der Waals surface area (Å²) in [6, 6.07) is 0. The Labute approximate surface area is 124 Å². The lowest BCUT2D eigenvalue weighted by Crippen LogP contribution is -2.33. The second kappa shape index (κ2) is 7.26. The number of hydrogen-bond donors (Lipinski definition) is 1. The van der Waals surface area contributed by atoms with Crippen molar-refractivity contribution in [2.75, 3.05) is 6.54 Å². The van der Waals surface area contributed by atoms with Crippen LogP contribution in [0.1, 0.15) is 65.1 Å². The van der Waals surface area contributed by atoms with Crippen molar-refractivity contribution in [1.82, 2.24) is 14.9 Å². The van der Waals surface area contributed by atoms with Crippen LogP contribution in [-0.2, 0) is 13.1 Å². The van der Waals surface area contributed by atoms with Gasteiger partial charge in [0, 0.05) is 25.5 Å².